The molecule has 0 aliphatic heterocycles. The summed E-state index contributed by atoms with van der Waals surface area (Å²) in [5.74, 6) is -1.12. The summed E-state index contributed by atoms with van der Waals surface area (Å²) in [5.41, 5.74) is 0.220. The first kappa shape index (κ1) is 12.3. The number of hydrogen-bond donors (Lipinski definition) is 1. The van der Waals surface area contributed by atoms with Gasteiger partial charge in [0.1, 0.15) is 0 Å². The molecule has 0 amide bonds. The summed E-state index contributed by atoms with van der Waals surface area (Å²) in [6, 6.07) is 3.26. The molecule has 0 spiro atoms. The van der Waals surface area contributed by atoms with Crippen LogP contribution in [0.25, 0.3) is 11.1 Å². The smallest absolute Gasteiger partial charge is 0.378 e. The lowest BCUT2D eigenvalue weighted by atomic mass is 10.3. The molecular formula is C10H10ClNO4. The Labute approximate surface area is 97.4 Å². The average Bonchev–Trinajstić information content (AvgIpc) is 2.57. The van der Waals surface area contributed by atoms with Crippen molar-refractivity contribution in [1.29, 1.82) is 0 Å². The van der Waals surface area contributed by atoms with E-state index in [2.05, 4.69) is 4.98 Å². The van der Waals surface area contributed by atoms with Crippen molar-refractivity contribution >= 4 is 29.5 Å². The summed E-state index contributed by atoms with van der Waals surface area (Å²) < 4.78 is 9.80. The van der Waals surface area contributed by atoms with E-state index in [4.69, 9.17) is 9.15 Å². The van der Waals surface area contributed by atoms with Crippen LogP contribution in [-0.2, 0) is 4.74 Å². The topological polar surface area (TPSA) is 72.6 Å². The molecule has 6 heteroatoms. The molecule has 0 aliphatic rings. The second-order valence-corrected chi connectivity index (χ2v) is 2.86. The molecule has 2 aromatic heterocycles. The fraction of sp³-hybridized carbons (Fsp3) is 0.200. The van der Waals surface area contributed by atoms with E-state index in [9.17, 15) is 9.90 Å². The monoisotopic (exact) mass is 243 g/mol. The number of aromatic nitrogens is 1. The number of esters is 1. The highest BCUT2D eigenvalue weighted by Gasteiger charge is 2.21. The minimum Gasteiger partial charge on any atom is -0.503 e. The standard InChI is InChI=1S/C10H9NO4.ClH/c1-2-14-10(13)8-7(12)6-4-3-5-11-9(6)15-8;/h3-5,12H,2H2,1H3;1H. The molecule has 0 aliphatic carbocycles. The van der Waals surface area contributed by atoms with E-state index in [0.29, 0.717) is 5.39 Å². The summed E-state index contributed by atoms with van der Waals surface area (Å²) in [6.45, 7) is 1.90. The van der Waals surface area contributed by atoms with Crippen molar-refractivity contribution < 1.29 is 19.1 Å². The van der Waals surface area contributed by atoms with Gasteiger partial charge in [-0.3, -0.25) is 0 Å². The molecule has 16 heavy (non-hydrogen) atoms. The molecule has 2 rings (SSSR count). The molecule has 1 N–H and O–H groups in total. The van der Waals surface area contributed by atoms with Crippen LogP contribution in [-0.4, -0.2) is 22.7 Å². The number of hydrogen-bond acceptors (Lipinski definition) is 5. The van der Waals surface area contributed by atoms with Crippen molar-refractivity contribution in [1.82, 2.24) is 4.98 Å². The van der Waals surface area contributed by atoms with Crippen molar-refractivity contribution in [2.24, 2.45) is 0 Å². The second kappa shape index (κ2) is 4.85. The van der Waals surface area contributed by atoms with E-state index in [1.54, 1.807) is 19.1 Å². The molecule has 0 atom stereocenters. The maximum atomic E-state index is 11.3. The zero-order valence-electron chi connectivity index (χ0n) is 8.47. The summed E-state index contributed by atoms with van der Waals surface area (Å²) in [4.78, 5) is 15.2. The number of carbonyl (C=O) groups is 1. The molecule has 0 radical (unpaired) electrons. The quantitative estimate of drug-likeness (QED) is 0.818. The highest BCUT2D eigenvalue weighted by molar-refractivity contribution is 5.97. The summed E-state index contributed by atoms with van der Waals surface area (Å²) >= 11 is 0. The highest BCUT2D eigenvalue weighted by atomic mass is 35.5. The third kappa shape index (κ3) is 1.94. The zero-order valence-corrected chi connectivity index (χ0v) is 9.28. The van der Waals surface area contributed by atoms with E-state index < -0.39 is 5.97 Å². The van der Waals surface area contributed by atoms with Crippen LogP contribution in [0.5, 0.6) is 5.75 Å². The van der Waals surface area contributed by atoms with Crippen molar-refractivity contribution in [3.63, 3.8) is 0 Å². The molecule has 86 valence electrons. The van der Waals surface area contributed by atoms with E-state index in [-0.39, 0.29) is 36.2 Å². The number of halogens is 1. The Hall–Kier alpha value is -1.75. The maximum absolute atomic E-state index is 11.3. The normalized spacial score (nSPS) is 9.81. The Balaban J connectivity index is 0.00000128. The maximum Gasteiger partial charge on any atom is 0.378 e. The summed E-state index contributed by atoms with van der Waals surface area (Å²) in [6.07, 6.45) is 1.51. The minimum atomic E-state index is -0.687. The van der Waals surface area contributed by atoms with Crippen molar-refractivity contribution in [2.45, 2.75) is 6.92 Å². The molecule has 2 aromatic rings. The number of fused-ring (bicyclic) bond motifs is 1. The number of aromatic hydroxyl groups is 1. The Kier molecular flexibility index (Phi) is 3.73. The highest BCUT2D eigenvalue weighted by Crippen LogP contribution is 2.30. The van der Waals surface area contributed by atoms with Crippen LogP contribution in [0.4, 0.5) is 0 Å². The first-order valence-electron chi connectivity index (χ1n) is 4.47. The van der Waals surface area contributed by atoms with E-state index in [1.807, 2.05) is 0 Å². The molecule has 0 unspecified atom stereocenters. The van der Waals surface area contributed by atoms with Gasteiger partial charge in [0, 0.05) is 6.20 Å². The molecule has 0 aromatic carbocycles. The first-order valence-corrected chi connectivity index (χ1v) is 4.47. The van der Waals surface area contributed by atoms with Gasteiger partial charge in [0.05, 0.1) is 12.0 Å². The molecular weight excluding hydrogens is 234 g/mol. The second-order valence-electron chi connectivity index (χ2n) is 2.86. The number of furan rings is 1. The predicted octanol–water partition coefficient (Wildman–Crippen LogP) is 2.13. The molecule has 0 saturated heterocycles. The van der Waals surface area contributed by atoms with Crippen molar-refractivity contribution in [3.8, 4) is 5.75 Å². The first-order chi connectivity index (χ1) is 7.24. The largest absolute Gasteiger partial charge is 0.503 e. The number of nitrogens with zero attached hydrogens (tertiary/aromatic N) is 1. The van der Waals surface area contributed by atoms with Crippen LogP contribution < -0.4 is 0 Å². The van der Waals surface area contributed by atoms with E-state index in [0.717, 1.165) is 0 Å². The van der Waals surface area contributed by atoms with Gasteiger partial charge in [-0.05, 0) is 19.1 Å². The Morgan fingerprint density at radius 3 is 3.00 bits per heavy atom. The molecule has 0 saturated carbocycles. The van der Waals surface area contributed by atoms with Crippen molar-refractivity contribution in [3.05, 3.63) is 24.1 Å². The fourth-order valence-corrected chi connectivity index (χ4v) is 1.25. The van der Waals surface area contributed by atoms with Crippen LogP contribution in [0.3, 0.4) is 0 Å². The van der Waals surface area contributed by atoms with Gasteiger partial charge >= 0.3 is 5.97 Å². The van der Waals surface area contributed by atoms with Gasteiger partial charge < -0.3 is 14.3 Å². The van der Waals surface area contributed by atoms with Crippen LogP contribution in [0.1, 0.15) is 17.5 Å². The van der Waals surface area contributed by atoms with Crippen LogP contribution >= 0.6 is 12.4 Å². The Morgan fingerprint density at radius 2 is 2.38 bits per heavy atom. The van der Waals surface area contributed by atoms with E-state index >= 15 is 0 Å². The van der Waals surface area contributed by atoms with Crippen LogP contribution in [0.15, 0.2) is 22.7 Å². The zero-order chi connectivity index (χ0) is 10.8. The predicted molar refractivity (Wildman–Crippen MR) is 58.9 cm³/mol. The number of carbonyl (C=O) groups excluding carboxylic acids is 1. The van der Waals surface area contributed by atoms with E-state index in [1.165, 1.54) is 6.20 Å². The van der Waals surface area contributed by atoms with Crippen LogP contribution in [0, 0.1) is 0 Å². The fourth-order valence-electron chi connectivity index (χ4n) is 1.25. The lowest BCUT2D eigenvalue weighted by Crippen LogP contribution is -2.02. The van der Waals surface area contributed by atoms with Crippen LogP contribution in [0.2, 0.25) is 0 Å². The summed E-state index contributed by atoms with van der Waals surface area (Å²) in [5, 5.41) is 10.1. The van der Waals surface area contributed by atoms with Gasteiger partial charge in [-0.15, -0.1) is 12.4 Å². The van der Waals surface area contributed by atoms with Gasteiger partial charge in [-0.2, -0.15) is 0 Å². The average molecular weight is 244 g/mol. The van der Waals surface area contributed by atoms with Gasteiger partial charge in [0.25, 0.3) is 5.76 Å². The third-order valence-corrected chi connectivity index (χ3v) is 1.90. The number of rotatable bonds is 2. The Bertz CT molecular complexity index is 508. The lowest BCUT2D eigenvalue weighted by molar-refractivity contribution is 0.0488. The SMILES string of the molecule is CCOC(=O)c1oc2ncccc2c1O.Cl. The molecule has 5 nitrogen and oxygen atoms in total. The minimum absolute atomic E-state index is 0. The van der Waals surface area contributed by atoms with Gasteiger partial charge in [-0.25, -0.2) is 9.78 Å². The molecule has 2 heterocycles. The summed E-state index contributed by atoms with van der Waals surface area (Å²) in [7, 11) is 0. The molecule has 0 bridgehead atoms. The molecule has 0 fully saturated rings. The number of ether oxygens (including phenoxy) is 1. The van der Waals surface area contributed by atoms with Gasteiger partial charge in [-0.1, -0.05) is 0 Å². The lowest BCUT2D eigenvalue weighted by Gasteiger charge is -1.96. The van der Waals surface area contributed by atoms with Gasteiger partial charge in [0.2, 0.25) is 5.71 Å². The van der Waals surface area contributed by atoms with Gasteiger partial charge in [0.15, 0.2) is 5.75 Å². The Morgan fingerprint density at radius 1 is 1.62 bits per heavy atom. The number of pyridine rings is 1. The van der Waals surface area contributed by atoms with Crippen molar-refractivity contribution in [2.75, 3.05) is 6.61 Å². The third-order valence-electron chi connectivity index (χ3n) is 1.90.